The molecule has 0 aliphatic carbocycles. The predicted molar refractivity (Wildman–Crippen MR) is 114 cm³/mol. The molecule has 24 heavy (non-hydrogen) atoms. The molecular formula is C22H40BrN. The summed E-state index contributed by atoms with van der Waals surface area (Å²) in [7, 11) is 4.41. The van der Waals surface area contributed by atoms with Crippen molar-refractivity contribution in [3.8, 4) is 0 Å². The molecule has 0 N–H and O–H groups in total. The van der Waals surface area contributed by atoms with Crippen molar-refractivity contribution in [1.29, 1.82) is 0 Å². The molecule has 0 heterocycles. The molecule has 1 aromatic rings. The first-order valence-electron chi connectivity index (χ1n) is 9.97. The molecule has 140 valence electrons. The van der Waals surface area contributed by atoms with Gasteiger partial charge in [0.05, 0.1) is 0 Å². The van der Waals surface area contributed by atoms with Crippen LogP contribution in [-0.2, 0) is 0 Å². The van der Waals surface area contributed by atoms with E-state index in [1.165, 1.54) is 82.6 Å². The molecule has 1 atom stereocenters. The van der Waals surface area contributed by atoms with Gasteiger partial charge >= 0.3 is 0 Å². The van der Waals surface area contributed by atoms with Crippen LogP contribution in [0.5, 0.6) is 0 Å². The summed E-state index contributed by atoms with van der Waals surface area (Å²) < 4.78 is 0. The first-order chi connectivity index (χ1) is 11.3. The molecule has 0 aromatic heterocycles. The fourth-order valence-electron chi connectivity index (χ4n) is 3.40. The van der Waals surface area contributed by atoms with Crippen molar-refractivity contribution in [3.63, 3.8) is 0 Å². The van der Waals surface area contributed by atoms with Crippen LogP contribution in [0.3, 0.4) is 0 Å². The normalized spacial score (nSPS) is 12.2. The van der Waals surface area contributed by atoms with Gasteiger partial charge in [0.25, 0.3) is 0 Å². The van der Waals surface area contributed by atoms with Crippen LogP contribution >= 0.6 is 17.0 Å². The zero-order chi connectivity index (χ0) is 16.8. The summed E-state index contributed by atoms with van der Waals surface area (Å²) in [5.41, 5.74) is 1.46. The average molecular weight is 398 g/mol. The van der Waals surface area contributed by atoms with Crippen LogP contribution in [0, 0.1) is 0 Å². The Hall–Kier alpha value is -0.340. The zero-order valence-corrected chi connectivity index (χ0v) is 18.0. The summed E-state index contributed by atoms with van der Waals surface area (Å²) in [6.45, 7) is 2.29. The van der Waals surface area contributed by atoms with Gasteiger partial charge in [-0.2, -0.15) is 0 Å². The minimum atomic E-state index is 0. The molecule has 1 nitrogen and oxygen atoms in total. The minimum Gasteiger partial charge on any atom is -0.302 e. The molecule has 0 radical (unpaired) electrons. The smallest absolute Gasteiger partial charge is 0.0342 e. The zero-order valence-electron chi connectivity index (χ0n) is 16.3. The Labute approximate surface area is 162 Å². The van der Waals surface area contributed by atoms with E-state index in [4.69, 9.17) is 0 Å². The van der Waals surface area contributed by atoms with Crippen LogP contribution in [-0.4, -0.2) is 19.0 Å². The van der Waals surface area contributed by atoms with Crippen LogP contribution < -0.4 is 0 Å². The van der Waals surface area contributed by atoms with Crippen molar-refractivity contribution in [3.05, 3.63) is 35.9 Å². The van der Waals surface area contributed by atoms with E-state index in [-0.39, 0.29) is 17.0 Å². The first kappa shape index (κ1) is 23.7. The van der Waals surface area contributed by atoms with Crippen molar-refractivity contribution in [1.82, 2.24) is 4.90 Å². The van der Waals surface area contributed by atoms with Gasteiger partial charge in [-0.3, -0.25) is 0 Å². The third kappa shape index (κ3) is 11.3. The van der Waals surface area contributed by atoms with Crippen LogP contribution in [0.4, 0.5) is 0 Å². The van der Waals surface area contributed by atoms with Crippen molar-refractivity contribution in [2.24, 2.45) is 0 Å². The molecule has 0 saturated carbocycles. The summed E-state index contributed by atoms with van der Waals surface area (Å²) in [5, 5.41) is 0. The van der Waals surface area contributed by atoms with E-state index in [1.54, 1.807) is 0 Å². The standard InChI is InChI=1S/C22H39N.BrH/c1-4-5-6-7-8-9-10-11-12-13-17-20-22(23(2)3)21-18-15-14-16-19-21;/h14-16,18-19,22H,4-13,17,20H2,1-3H3;1H. The van der Waals surface area contributed by atoms with E-state index < -0.39 is 0 Å². The summed E-state index contributed by atoms with van der Waals surface area (Å²) >= 11 is 0. The highest BCUT2D eigenvalue weighted by Crippen LogP contribution is 2.24. The molecule has 0 bridgehead atoms. The fourth-order valence-corrected chi connectivity index (χ4v) is 3.40. The second-order valence-corrected chi connectivity index (χ2v) is 7.21. The van der Waals surface area contributed by atoms with E-state index in [9.17, 15) is 0 Å². The van der Waals surface area contributed by atoms with Gasteiger partial charge in [-0.05, 0) is 26.1 Å². The number of hydrogen-bond acceptors (Lipinski definition) is 1. The van der Waals surface area contributed by atoms with E-state index >= 15 is 0 Å². The summed E-state index contributed by atoms with van der Waals surface area (Å²) in [6, 6.07) is 11.5. The van der Waals surface area contributed by atoms with Crippen molar-refractivity contribution < 1.29 is 0 Å². The highest BCUT2D eigenvalue weighted by atomic mass is 79.9. The van der Waals surface area contributed by atoms with E-state index in [2.05, 4.69) is 56.3 Å². The Bertz CT molecular complexity index is 363. The Kier molecular flexibility index (Phi) is 15.9. The third-order valence-electron chi connectivity index (χ3n) is 4.89. The molecule has 0 saturated heterocycles. The van der Waals surface area contributed by atoms with Crippen molar-refractivity contribution in [2.75, 3.05) is 14.1 Å². The lowest BCUT2D eigenvalue weighted by atomic mass is 9.98. The van der Waals surface area contributed by atoms with Gasteiger partial charge in [0.1, 0.15) is 0 Å². The maximum absolute atomic E-state index is 2.37. The minimum absolute atomic E-state index is 0. The quantitative estimate of drug-likeness (QED) is 0.292. The third-order valence-corrected chi connectivity index (χ3v) is 4.89. The molecule has 1 rings (SSSR count). The van der Waals surface area contributed by atoms with Crippen LogP contribution in [0.2, 0.25) is 0 Å². The Morgan fingerprint density at radius 1 is 0.708 bits per heavy atom. The summed E-state index contributed by atoms with van der Waals surface area (Å²) in [6.07, 6.45) is 16.9. The molecule has 0 aliphatic heterocycles. The van der Waals surface area contributed by atoms with Gasteiger partial charge in [-0.15, -0.1) is 17.0 Å². The second kappa shape index (κ2) is 16.1. The fraction of sp³-hybridized carbons (Fsp3) is 0.727. The van der Waals surface area contributed by atoms with Gasteiger partial charge in [0.15, 0.2) is 0 Å². The van der Waals surface area contributed by atoms with Gasteiger partial charge in [-0.25, -0.2) is 0 Å². The SMILES string of the molecule is Br.CCCCCCCCCCCCCC(c1ccccc1)N(C)C. The maximum atomic E-state index is 2.37. The molecule has 0 fully saturated rings. The van der Waals surface area contributed by atoms with Gasteiger partial charge in [0.2, 0.25) is 0 Å². The number of rotatable bonds is 14. The number of hydrogen-bond donors (Lipinski definition) is 0. The Morgan fingerprint density at radius 3 is 1.62 bits per heavy atom. The Morgan fingerprint density at radius 2 is 1.17 bits per heavy atom. The second-order valence-electron chi connectivity index (χ2n) is 7.21. The van der Waals surface area contributed by atoms with Crippen molar-refractivity contribution >= 4 is 17.0 Å². The number of unbranched alkanes of at least 4 members (excludes halogenated alkanes) is 10. The van der Waals surface area contributed by atoms with Gasteiger partial charge < -0.3 is 4.90 Å². The monoisotopic (exact) mass is 397 g/mol. The number of benzene rings is 1. The highest BCUT2D eigenvalue weighted by molar-refractivity contribution is 8.93. The van der Waals surface area contributed by atoms with Crippen LogP contribution in [0.25, 0.3) is 0 Å². The molecule has 1 aromatic carbocycles. The molecule has 0 spiro atoms. The Balaban J connectivity index is 0.00000529. The summed E-state index contributed by atoms with van der Waals surface area (Å²) in [4.78, 5) is 2.37. The highest BCUT2D eigenvalue weighted by Gasteiger charge is 2.12. The molecule has 0 amide bonds. The number of nitrogens with zero attached hydrogens (tertiary/aromatic N) is 1. The number of halogens is 1. The first-order valence-corrected chi connectivity index (χ1v) is 9.97. The van der Waals surface area contributed by atoms with Crippen LogP contribution in [0.15, 0.2) is 30.3 Å². The van der Waals surface area contributed by atoms with E-state index in [1.807, 2.05) is 0 Å². The van der Waals surface area contributed by atoms with Gasteiger partial charge in [-0.1, -0.05) is 108 Å². The van der Waals surface area contributed by atoms with Gasteiger partial charge in [0, 0.05) is 6.04 Å². The average Bonchev–Trinajstić information content (AvgIpc) is 2.56. The van der Waals surface area contributed by atoms with E-state index in [0.717, 1.165) is 0 Å². The lowest BCUT2D eigenvalue weighted by Crippen LogP contribution is -2.19. The van der Waals surface area contributed by atoms with Crippen molar-refractivity contribution in [2.45, 2.75) is 90.0 Å². The van der Waals surface area contributed by atoms with Crippen LogP contribution in [0.1, 0.15) is 95.6 Å². The maximum Gasteiger partial charge on any atom is 0.0342 e. The largest absolute Gasteiger partial charge is 0.302 e. The lowest BCUT2D eigenvalue weighted by Gasteiger charge is -2.24. The molecule has 2 heteroatoms. The lowest BCUT2D eigenvalue weighted by molar-refractivity contribution is 0.276. The molecule has 0 aliphatic rings. The predicted octanol–water partition coefficient (Wildman–Crippen LogP) is 7.57. The summed E-state index contributed by atoms with van der Waals surface area (Å²) in [5.74, 6) is 0. The molecular weight excluding hydrogens is 358 g/mol. The topological polar surface area (TPSA) is 3.24 Å². The van der Waals surface area contributed by atoms with E-state index in [0.29, 0.717) is 6.04 Å². The molecule has 1 unspecified atom stereocenters.